The smallest absolute Gasteiger partial charge is 0.123 e. The zero-order valence-electron chi connectivity index (χ0n) is 8.05. The van der Waals surface area contributed by atoms with E-state index in [1.54, 1.807) is 6.07 Å². The zero-order valence-corrected chi connectivity index (χ0v) is 8.05. The predicted molar refractivity (Wildman–Crippen MR) is 52.8 cm³/mol. The molecule has 0 atom stereocenters. The van der Waals surface area contributed by atoms with Crippen LogP contribution in [0.25, 0.3) is 0 Å². The number of nitrogen functional groups attached to an aromatic ring is 1. The van der Waals surface area contributed by atoms with Crippen LogP contribution in [0, 0.1) is 5.82 Å². The molecule has 0 bridgehead atoms. The number of halogens is 1. The molecule has 0 aromatic heterocycles. The number of nitrogens with zero attached hydrogens (tertiary/aromatic N) is 1. The molecule has 2 N–H and O–H groups in total. The van der Waals surface area contributed by atoms with Gasteiger partial charge in [-0.05, 0) is 37.4 Å². The fraction of sp³-hybridized carbons (Fsp3) is 0.400. The summed E-state index contributed by atoms with van der Waals surface area (Å²) in [5, 5.41) is 0. The molecule has 0 heterocycles. The van der Waals surface area contributed by atoms with Crippen LogP contribution in [-0.2, 0) is 6.54 Å². The highest BCUT2D eigenvalue weighted by atomic mass is 19.1. The second kappa shape index (κ2) is 4.23. The third-order valence-corrected chi connectivity index (χ3v) is 2.09. The summed E-state index contributed by atoms with van der Waals surface area (Å²) in [6.07, 6.45) is 0. The van der Waals surface area contributed by atoms with E-state index in [-0.39, 0.29) is 5.82 Å². The summed E-state index contributed by atoms with van der Waals surface area (Å²) in [5.41, 5.74) is 7.20. The van der Waals surface area contributed by atoms with E-state index in [0.29, 0.717) is 12.2 Å². The van der Waals surface area contributed by atoms with Gasteiger partial charge in [0, 0.05) is 12.2 Å². The second-order valence-corrected chi connectivity index (χ2v) is 3.17. The number of hydrogen-bond acceptors (Lipinski definition) is 2. The van der Waals surface area contributed by atoms with E-state index >= 15 is 0 Å². The predicted octanol–water partition coefficient (Wildman–Crippen LogP) is 1.86. The van der Waals surface area contributed by atoms with Crippen molar-refractivity contribution in [2.24, 2.45) is 0 Å². The SMILES string of the molecule is CCN(C)Cc1cc(F)ccc1N. The summed E-state index contributed by atoms with van der Waals surface area (Å²) in [6, 6.07) is 4.47. The summed E-state index contributed by atoms with van der Waals surface area (Å²) >= 11 is 0. The molecule has 72 valence electrons. The molecule has 3 heteroatoms. The topological polar surface area (TPSA) is 29.3 Å². The molecule has 0 saturated carbocycles. The van der Waals surface area contributed by atoms with Crippen LogP contribution < -0.4 is 5.73 Å². The van der Waals surface area contributed by atoms with Crippen LogP contribution >= 0.6 is 0 Å². The molecule has 1 rings (SSSR count). The Morgan fingerprint density at radius 3 is 2.77 bits per heavy atom. The molecule has 0 spiro atoms. The van der Waals surface area contributed by atoms with E-state index < -0.39 is 0 Å². The van der Waals surface area contributed by atoms with E-state index in [1.807, 2.05) is 7.05 Å². The zero-order chi connectivity index (χ0) is 9.84. The van der Waals surface area contributed by atoms with Crippen LogP contribution in [0.1, 0.15) is 12.5 Å². The van der Waals surface area contributed by atoms with Crippen molar-refractivity contribution >= 4 is 5.69 Å². The van der Waals surface area contributed by atoms with Gasteiger partial charge in [-0.2, -0.15) is 0 Å². The van der Waals surface area contributed by atoms with Gasteiger partial charge in [-0.3, -0.25) is 0 Å². The van der Waals surface area contributed by atoms with Crippen LogP contribution in [0.3, 0.4) is 0 Å². The summed E-state index contributed by atoms with van der Waals surface area (Å²) in [5.74, 6) is -0.228. The molecular formula is C10H15FN2. The van der Waals surface area contributed by atoms with Crippen LogP contribution in [0.15, 0.2) is 18.2 Å². The molecule has 1 aromatic rings. The fourth-order valence-corrected chi connectivity index (χ4v) is 1.11. The van der Waals surface area contributed by atoms with Gasteiger partial charge in [0.2, 0.25) is 0 Å². The molecular weight excluding hydrogens is 167 g/mol. The van der Waals surface area contributed by atoms with Crippen molar-refractivity contribution < 1.29 is 4.39 Å². The first-order valence-electron chi connectivity index (χ1n) is 4.36. The van der Waals surface area contributed by atoms with E-state index in [1.165, 1.54) is 12.1 Å². The van der Waals surface area contributed by atoms with Gasteiger partial charge in [0.25, 0.3) is 0 Å². The van der Waals surface area contributed by atoms with E-state index in [2.05, 4.69) is 11.8 Å². The summed E-state index contributed by atoms with van der Waals surface area (Å²) in [6.45, 7) is 3.67. The van der Waals surface area contributed by atoms with Gasteiger partial charge >= 0.3 is 0 Å². The maximum Gasteiger partial charge on any atom is 0.123 e. The first kappa shape index (κ1) is 9.99. The van der Waals surface area contributed by atoms with Gasteiger partial charge in [0.05, 0.1) is 0 Å². The molecule has 0 aliphatic heterocycles. The molecule has 0 unspecified atom stereocenters. The Kier molecular flexibility index (Phi) is 3.25. The molecule has 1 aromatic carbocycles. The van der Waals surface area contributed by atoms with Gasteiger partial charge in [0.1, 0.15) is 5.82 Å². The lowest BCUT2D eigenvalue weighted by atomic mass is 10.1. The number of rotatable bonds is 3. The molecule has 0 saturated heterocycles. The number of benzene rings is 1. The van der Waals surface area contributed by atoms with Crippen molar-refractivity contribution in [1.29, 1.82) is 0 Å². The van der Waals surface area contributed by atoms with Crippen molar-refractivity contribution in [2.45, 2.75) is 13.5 Å². The van der Waals surface area contributed by atoms with Crippen molar-refractivity contribution in [2.75, 3.05) is 19.3 Å². The lowest BCUT2D eigenvalue weighted by Crippen LogP contribution is -2.17. The number of hydrogen-bond donors (Lipinski definition) is 1. The Labute approximate surface area is 78.2 Å². The molecule has 0 amide bonds. The Balaban J connectivity index is 2.81. The molecule has 0 radical (unpaired) electrons. The quantitative estimate of drug-likeness (QED) is 0.723. The van der Waals surface area contributed by atoms with Crippen molar-refractivity contribution in [3.05, 3.63) is 29.6 Å². The molecule has 0 aliphatic carbocycles. The standard InChI is InChI=1S/C10H15FN2/c1-3-13(2)7-8-6-9(11)4-5-10(8)12/h4-6H,3,7,12H2,1-2H3. The fourth-order valence-electron chi connectivity index (χ4n) is 1.11. The van der Waals surface area contributed by atoms with Crippen LogP contribution in [0.2, 0.25) is 0 Å². The van der Waals surface area contributed by atoms with Crippen molar-refractivity contribution in [3.8, 4) is 0 Å². The summed E-state index contributed by atoms with van der Waals surface area (Å²) < 4.78 is 12.8. The Bertz CT molecular complexity index is 286. The third kappa shape index (κ3) is 2.70. The van der Waals surface area contributed by atoms with Gasteiger partial charge < -0.3 is 10.6 Å². The minimum absolute atomic E-state index is 0.228. The average Bonchev–Trinajstić information content (AvgIpc) is 2.11. The lowest BCUT2D eigenvalue weighted by molar-refractivity contribution is 0.346. The number of anilines is 1. The van der Waals surface area contributed by atoms with Crippen LogP contribution in [0.5, 0.6) is 0 Å². The highest BCUT2D eigenvalue weighted by molar-refractivity contribution is 5.46. The van der Waals surface area contributed by atoms with Crippen molar-refractivity contribution in [3.63, 3.8) is 0 Å². The minimum Gasteiger partial charge on any atom is -0.398 e. The molecule has 0 aliphatic rings. The first-order valence-corrected chi connectivity index (χ1v) is 4.36. The van der Waals surface area contributed by atoms with Gasteiger partial charge in [0.15, 0.2) is 0 Å². The highest BCUT2D eigenvalue weighted by Crippen LogP contribution is 2.14. The molecule has 2 nitrogen and oxygen atoms in total. The molecule has 13 heavy (non-hydrogen) atoms. The largest absolute Gasteiger partial charge is 0.398 e. The van der Waals surface area contributed by atoms with E-state index in [4.69, 9.17) is 5.73 Å². The third-order valence-electron chi connectivity index (χ3n) is 2.09. The maximum absolute atomic E-state index is 12.8. The first-order chi connectivity index (χ1) is 6.13. The lowest BCUT2D eigenvalue weighted by Gasteiger charge is -2.15. The van der Waals surface area contributed by atoms with Crippen LogP contribution in [-0.4, -0.2) is 18.5 Å². The Morgan fingerprint density at radius 1 is 1.46 bits per heavy atom. The number of nitrogens with two attached hydrogens (primary N) is 1. The van der Waals surface area contributed by atoms with E-state index in [0.717, 1.165) is 12.1 Å². The van der Waals surface area contributed by atoms with Crippen LogP contribution in [0.4, 0.5) is 10.1 Å². The monoisotopic (exact) mass is 182 g/mol. The second-order valence-electron chi connectivity index (χ2n) is 3.17. The highest BCUT2D eigenvalue weighted by Gasteiger charge is 2.03. The van der Waals surface area contributed by atoms with Gasteiger partial charge in [-0.1, -0.05) is 6.92 Å². The minimum atomic E-state index is -0.228. The van der Waals surface area contributed by atoms with Gasteiger partial charge in [-0.25, -0.2) is 4.39 Å². The van der Waals surface area contributed by atoms with E-state index in [9.17, 15) is 4.39 Å². The Morgan fingerprint density at radius 2 is 2.15 bits per heavy atom. The summed E-state index contributed by atoms with van der Waals surface area (Å²) in [4.78, 5) is 2.07. The normalized spacial score (nSPS) is 10.8. The molecule has 0 fully saturated rings. The summed E-state index contributed by atoms with van der Waals surface area (Å²) in [7, 11) is 1.98. The Hall–Kier alpha value is -1.09. The maximum atomic E-state index is 12.8. The average molecular weight is 182 g/mol. The van der Waals surface area contributed by atoms with Gasteiger partial charge in [-0.15, -0.1) is 0 Å². The van der Waals surface area contributed by atoms with Crippen molar-refractivity contribution in [1.82, 2.24) is 4.90 Å².